The first kappa shape index (κ1) is 31.4. The van der Waals surface area contributed by atoms with Crippen molar-refractivity contribution in [1.29, 1.82) is 0 Å². The summed E-state index contributed by atoms with van der Waals surface area (Å²) in [5, 5.41) is 21.4. The molecule has 0 saturated carbocycles. The maximum atomic E-state index is 11.0. The first-order valence-electron chi connectivity index (χ1n) is 12.4. The lowest BCUT2D eigenvalue weighted by molar-refractivity contribution is -0.146. The highest BCUT2D eigenvalue weighted by atomic mass is 28.4. The van der Waals surface area contributed by atoms with Crippen LogP contribution in [0.5, 0.6) is 0 Å². The van der Waals surface area contributed by atoms with E-state index in [9.17, 15) is 10.2 Å². The smallest absolute Gasteiger partial charge is 0.192 e. The minimum absolute atomic E-state index is 0.0233. The van der Waals surface area contributed by atoms with Gasteiger partial charge in [0.2, 0.25) is 0 Å². The Bertz CT molecular complexity index is 646. The number of ether oxygens (including phenoxy) is 1. The summed E-state index contributed by atoms with van der Waals surface area (Å²) in [4.78, 5) is 0. The third-order valence-corrected chi connectivity index (χ3v) is 21.9. The minimum Gasteiger partial charge on any atom is -0.409 e. The lowest BCUT2D eigenvalue weighted by atomic mass is 10.1. The molecule has 1 rings (SSSR count). The van der Waals surface area contributed by atoms with E-state index >= 15 is 0 Å². The van der Waals surface area contributed by atoms with Gasteiger partial charge in [0.25, 0.3) is 0 Å². The van der Waals surface area contributed by atoms with Gasteiger partial charge in [0, 0.05) is 0 Å². The lowest BCUT2D eigenvalue weighted by Crippen LogP contribution is -2.57. The predicted molar refractivity (Wildman–Crippen MR) is 144 cm³/mol. The van der Waals surface area contributed by atoms with Gasteiger partial charge in [-0.3, -0.25) is 0 Å². The van der Waals surface area contributed by atoms with Crippen molar-refractivity contribution >= 4 is 25.0 Å². The number of hydrogen-bond donors (Lipinski definition) is 2. The maximum Gasteiger partial charge on any atom is 0.192 e. The van der Waals surface area contributed by atoms with Crippen molar-refractivity contribution in [3.63, 3.8) is 0 Å². The summed E-state index contributed by atoms with van der Waals surface area (Å²) in [6.45, 7) is 32.5. The van der Waals surface area contributed by atoms with Gasteiger partial charge in [-0.05, 0) is 54.4 Å². The van der Waals surface area contributed by atoms with Crippen LogP contribution in [0, 0.1) is 0 Å². The van der Waals surface area contributed by atoms with Crippen molar-refractivity contribution in [3.05, 3.63) is 0 Å². The second-order valence-electron chi connectivity index (χ2n) is 14.3. The molecule has 0 amide bonds. The lowest BCUT2D eigenvalue weighted by Gasteiger charge is -2.45. The molecule has 1 aliphatic rings. The number of rotatable bonds is 8. The van der Waals surface area contributed by atoms with Crippen molar-refractivity contribution in [1.82, 2.24) is 0 Å². The number of aliphatic hydroxyl groups excluding tert-OH is 2. The molecule has 0 unspecified atom stereocenters. The van der Waals surface area contributed by atoms with E-state index in [-0.39, 0.29) is 21.7 Å². The van der Waals surface area contributed by atoms with Gasteiger partial charge in [0.05, 0.1) is 12.7 Å². The normalized spacial score (nSPS) is 27.2. The van der Waals surface area contributed by atoms with Crippen molar-refractivity contribution in [2.45, 2.75) is 147 Å². The van der Waals surface area contributed by atoms with Crippen molar-refractivity contribution in [2.75, 3.05) is 6.61 Å². The van der Waals surface area contributed by atoms with Gasteiger partial charge >= 0.3 is 0 Å². The summed E-state index contributed by atoms with van der Waals surface area (Å²) in [5.41, 5.74) is 0. The predicted octanol–water partition coefficient (Wildman–Crippen LogP) is 5.87. The molecule has 2 N–H and O–H groups in total. The third kappa shape index (κ3) is 7.22. The molecule has 1 aliphatic heterocycles. The Labute approximate surface area is 207 Å². The van der Waals surface area contributed by atoms with Gasteiger partial charge in [-0.25, -0.2) is 0 Å². The molecule has 1 saturated heterocycles. The first-order chi connectivity index (χ1) is 14.4. The maximum absolute atomic E-state index is 11.0. The molecule has 9 heteroatoms. The molecule has 0 aliphatic carbocycles. The summed E-state index contributed by atoms with van der Waals surface area (Å²) in [5.74, 6) is 0. The van der Waals surface area contributed by atoms with Crippen LogP contribution in [-0.4, -0.2) is 72.5 Å². The Balaban J connectivity index is 3.43. The molecule has 0 aromatic heterocycles. The summed E-state index contributed by atoms with van der Waals surface area (Å²) in [7, 11) is -6.67. The van der Waals surface area contributed by atoms with Gasteiger partial charge in [-0.2, -0.15) is 0 Å². The van der Waals surface area contributed by atoms with E-state index in [4.69, 9.17) is 18.0 Å². The molecule has 6 nitrogen and oxygen atoms in total. The fourth-order valence-corrected chi connectivity index (χ4v) is 6.93. The van der Waals surface area contributed by atoms with Crippen LogP contribution in [0.3, 0.4) is 0 Å². The fraction of sp³-hybridized carbons (Fsp3) is 1.00. The summed E-state index contributed by atoms with van der Waals surface area (Å²) < 4.78 is 26.3. The number of aliphatic hydroxyl groups is 2. The van der Waals surface area contributed by atoms with Crippen LogP contribution >= 0.6 is 0 Å². The molecule has 1 heterocycles. The minimum atomic E-state index is -2.24. The molecule has 198 valence electrons. The first-order valence-corrected chi connectivity index (χ1v) is 21.1. The summed E-state index contributed by atoms with van der Waals surface area (Å²) in [6, 6.07) is 0. The largest absolute Gasteiger partial charge is 0.409 e. The molecule has 0 spiro atoms. The third-order valence-electron chi connectivity index (χ3n) is 8.50. The molecule has 0 radical (unpaired) electrons. The van der Waals surface area contributed by atoms with Crippen molar-refractivity contribution < 1.29 is 28.2 Å². The Morgan fingerprint density at radius 1 is 0.697 bits per heavy atom. The monoisotopic (exact) mass is 522 g/mol. The molecule has 0 aromatic carbocycles. The van der Waals surface area contributed by atoms with E-state index in [2.05, 4.69) is 102 Å². The zero-order chi connectivity index (χ0) is 26.4. The van der Waals surface area contributed by atoms with E-state index in [1.165, 1.54) is 0 Å². The van der Waals surface area contributed by atoms with Crippen LogP contribution in [0.4, 0.5) is 0 Å². The van der Waals surface area contributed by atoms with Gasteiger partial charge in [-0.1, -0.05) is 62.3 Å². The van der Waals surface area contributed by atoms with Gasteiger partial charge in [0.1, 0.15) is 18.3 Å². The van der Waals surface area contributed by atoms with Crippen LogP contribution in [0.25, 0.3) is 0 Å². The van der Waals surface area contributed by atoms with Crippen LogP contribution in [0.1, 0.15) is 62.3 Å². The van der Waals surface area contributed by atoms with Gasteiger partial charge in [0.15, 0.2) is 31.2 Å². The van der Waals surface area contributed by atoms with Crippen molar-refractivity contribution in [2.24, 2.45) is 0 Å². The average molecular weight is 523 g/mol. The highest BCUT2D eigenvalue weighted by Crippen LogP contribution is 2.45. The highest BCUT2D eigenvalue weighted by molar-refractivity contribution is 6.75. The highest BCUT2D eigenvalue weighted by Gasteiger charge is 2.56. The quantitative estimate of drug-likeness (QED) is 0.388. The van der Waals surface area contributed by atoms with Crippen LogP contribution in [0.15, 0.2) is 0 Å². The molecule has 0 bridgehead atoms. The Morgan fingerprint density at radius 3 is 1.39 bits per heavy atom. The molecule has 1 fully saturated rings. The van der Waals surface area contributed by atoms with Crippen LogP contribution in [0.2, 0.25) is 54.4 Å². The second-order valence-corrected chi connectivity index (χ2v) is 28.5. The summed E-state index contributed by atoms with van der Waals surface area (Å²) in [6.07, 6.45) is -3.47. The average Bonchev–Trinajstić information content (AvgIpc) is 2.85. The topological polar surface area (TPSA) is 77.4 Å². The van der Waals surface area contributed by atoms with Crippen molar-refractivity contribution in [3.8, 4) is 0 Å². The van der Waals surface area contributed by atoms with Crippen LogP contribution in [-0.2, 0) is 18.0 Å². The van der Waals surface area contributed by atoms with E-state index < -0.39 is 55.7 Å². The second kappa shape index (κ2) is 10.0. The SMILES string of the molecule is CC(C)(C)[Si](C)(C)O[C@@H]1[C@@H](O[Si](C)(C)C(C)(C)C)[C@@H](O)O[C@H]1[C@@H](CO)O[Si](C)(C)C(C)(C)C. The fourth-order valence-electron chi connectivity index (χ4n) is 3.02. The molecule has 33 heavy (non-hydrogen) atoms. The van der Waals surface area contributed by atoms with E-state index in [0.29, 0.717) is 0 Å². The Kier molecular flexibility index (Phi) is 9.57. The summed E-state index contributed by atoms with van der Waals surface area (Å²) >= 11 is 0. The standard InChI is InChI=1S/C24H54O6Si3/c1-22(2,3)31(10,11)28-17(16-25)18-19(29-32(12,13)23(4,5)6)20(21(26)27-18)30-33(14,15)24(7,8)9/h17-21,25-26H,16H2,1-15H3/t17-,18+,19+,20-,21+/m1/s1. The number of hydrogen-bond acceptors (Lipinski definition) is 6. The molecular formula is C24H54O6Si3. The van der Waals surface area contributed by atoms with Crippen LogP contribution < -0.4 is 0 Å². The zero-order valence-corrected chi connectivity index (χ0v) is 27.1. The molecular weight excluding hydrogens is 469 g/mol. The zero-order valence-electron chi connectivity index (χ0n) is 24.1. The van der Waals surface area contributed by atoms with E-state index in [1.54, 1.807) is 0 Å². The Morgan fingerprint density at radius 2 is 1.06 bits per heavy atom. The molecule has 0 aromatic rings. The van der Waals surface area contributed by atoms with E-state index in [1.807, 2.05) is 0 Å². The Hall–Kier alpha value is 0.411. The van der Waals surface area contributed by atoms with E-state index in [0.717, 1.165) is 0 Å². The van der Waals surface area contributed by atoms with Gasteiger partial charge < -0.3 is 28.2 Å². The van der Waals surface area contributed by atoms with Gasteiger partial charge in [-0.15, -0.1) is 0 Å². The molecule has 5 atom stereocenters.